The number of hydrogen-bond donors (Lipinski definition) is 1. The summed E-state index contributed by atoms with van der Waals surface area (Å²) in [4.78, 5) is 21.6. The zero-order chi connectivity index (χ0) is 12.7. The Kier molecular flexibility index (Phi) is 4.85. The van der Waals surface area contributed by atoms with E-state index in [0.717, 1.165) is 0 Å². The van der Waals surface area contributed by atoms with E-state index in [4.69, 9.17) is 18.0 Å². The van der Waals surface area contributed by atoms with Gasteiger partial charge in [-0.15, -0.1) is 6.42 Å². The molecule has 0 aromatic heterocycles. The highest BCUT2D eigenvalue weighted by Crippen LogP contribution is 2.18. The average Bonchev–Trinajstić information content (AvgIpc) is 2.26. The molecule has 1 aromatic carbocycles. The van der Waals surface area contributed by atoms with Gasteiger partial charge in [0, 0.05) is 23.4 Å². The molecular weight excluding hydrogens is 246 g/mol. The van der Waals surface area contributed by atoms with Gasteiger partial charge in [0.05, 0.1) is 0 Å². The predicted octanol–water partition coefficient (Wildman–Crippen LogP) is 2.61. The summed E-state index contributed by atoms with van der Waals surface area (Å²) >= 11 is 5.04. The molecule has 0 heterocycles. The van der Waals surface area contributed by atoms with Gasteiger partial charge in [-0.3, -0.25) is 5.32 Å². The molecule has 1 N–H and O–H groups in total. The number of terminal acetylenes is 1. The van der Waals surface area contributed by atoms with E-state index >= 15 is 0 Å². The third kappa shape index (κ3) is 4.91. The number of halogens is 1. The lowest BCUT2D eigenvalue weighted by atomic mass is 10.3. The Balaban J connectivity index is 2.62. The number of ether oxygens (including phenoxy) is 2. The average molecular weight is 254 g/mol. The highest BCUT2D eigenvalue weighted by atomic mass is 35.5. The highest BCUT2D eigenvalue weighted by Gasteiger charge is 2.05. The van der Waals surface area contributed by atoms with Crippen molar-refractivity contribution in [1.29, 1.82) is 0 Å². The van der Waals surface area contributed by atoms with Crippen molar-refractivity contribution in [3.63, 3.8) is 0 Å². The summed E-state index contributed by atoms with van der Waals surface area (Å²) in [7, 11) is 0. The van der Waals surface area contributed by atoms with Gasteiger partial charge in [0.25, 0.3) is 0 Å². The molecule has 5 nitrogen and oxygen atoms in total. The number of nitrogens with one attached hydrogen (secondary N) is 1. The Hall–Kier alpha value is -2.19. The first-order valence-corrected chi connectivity index (χ1v) is 4.84. The lowest BCUT2D eigenvalue weighted by molar-refractivity contribution is 0.176. The molecule has 0 fully saturated rings. The summed E-state index contributed by atoms with van der Waals surface area (Å²) in [6, 6.07) is 6.09. The summed E-state index contributed by atoms with van der Waals surface area (Å²) in [5.41, 5.74) is -0.570. The first-order valence-electron chi connectivity index (χ1n) is 4.46. The van der Waals surface area contributed by atoms with Crippen molar-refractivity contribution in [3.05, 3.63) is 24.3 Å². The van der Waals surface area contributed by atoms with Gasteiger partial charge in [0.2, 0.25) is 0 Å². The van der Waals surface area contributed by atoms with Crippen LogP contribution in [0.15, 0.2) is 24.3 Å². The van der Waals surface area contributed by atoms with Crippen molar-refractivity contribution in [2.75, 3.05) is 11.9 Å². The van der Waals surface area contributed by atoms with Gasteiger partial charge in [-0.1, -0.05) is 12.0 Å². The van der Waals surface area contributed by atoms with Crippen molar-refractivity contribution < 1.29 is 19.1 Å². The highest BCUT2D eigenvalue weighted by molar-refractivity contribution is 6.61. The summed E-state index contributed by atoms with van der Waals surface area (Å²) in [6.07, 6.45) is 4.23. The second-order valence-electron chi connectivity index (χ2n) is 2.77. The van der Waals surface area contributed by atoms with E-state index in [0.29, 0.717) is 5.69 Å². The first kappa shape index (κ1) is 12.9. The molecule has 1 rings (SSSR count). The van der Waals surface area contributed by atoms with Crippen LogP contribution in [-0.2, 0) is 4.74 Å². The molecule has 0 radical (unpaired) electrons. The van der Waals surface area contributed by atoms with Crippen molar-refractivity contribution in [2.45, 2.75) is 0 Å². The van der Waals surface area contributed by atoms with Gasteiger partial charge in [0.1, 0.15) is 5.75 Å². The monoisotopic (exact) mass is 253 g/mol. The number of carbonyl (C=O) groups excluding carboxylic acids is 2. The molecule has 6 heteroatoms. The maximum atomic E-state index is 11.1. The van der Waals surface area contributed by atoms with Crippen molar-refractivity contribution >= 4 is 28.8 Å². The fraction of sp³-hybridized carbons (Fsp3) is 0.0909. The van der Waals surface area contributed by atoms with Gasteiger partial charge in [-0.25, -0.2) is 9.59 Å². The maximum Gasteiger partial charge on any atom is 0.412 e. The number of amides is 1. The number of benzene rings is 1. The molecule has 0 bridgehead atoms. The van der Waals surface area contributed by atoms with E-state index in [1.165, 1.54) is 12.1 Å². The summed E-state index contributed by atoms with van der Waals surface area (Å²) in [6.45, 7) is -0.123. The van der Waals surface area contributed by atoms with Crippen LogP contribution in [0.3, 0.4) is 0 Å². The van der Waals surface area contributed by atoms with Crippen LogP contribution >= 0.6 is 11.6 Å². The fourth-order valence-corrected chi connectivity index (χ4v) is 1.08. The topological polar surface area (TPSA) is 64.6 Å². The Labute approximate surface area is 103 Å². The molecule has 0 spiro atoms. The van der Waals surface area contributed by atoms with Gasteiger partial charge < -0.3 is 9.47 Å². The van der Waals surface area contributed by atoms with E-state index in [1.807, 2.05) is 0 Å². The Morgan fingerprint density at radius 3 is 2.88 bits per heavy atom. The number of carbonyl (C=O) groups is 2. The van der Waals surface area contributed by atoms with E-state index in [9.17, 15) is 9.59 Å². The molecule has 0 saturated heterocycles. The summed E-state index contributed by atoms with van der Waals surface area (Å²) < 4.78 is 9.22. The SMILES string of the molecule is C#CCOC(=O)Nc1cccc(OC(=O)Cl)c1. The van der Waals surface area contributed by atoms with Crippen LogP contribution in [0.1, 0.15) is 0 Å². The van der Waals surface area contributed by atoms with Crippen LogP contribution in [0.25, 0.3) is 0 Å². The van der Waals surface area contributed by atoms with Gasteiger partial charge in [-0.05, 0) is 12.1 Å². The normalized spacial score (nSPS) is 8.94. The van der Waals surface area contributed by atoms with Crippen molar-refractivity contribution in [1.82, 2.24) is 0 Å². The molecule has 0 aliphatic rings. The molecule has 0 saturated carbocycles. The summed E-state index contributed by atoms with van der Waals surface area (Å²) in [5.74, 6) is 2.36. The second kappa shape index (κ2) is 6.40. The Morgan fingerprint density at radius 2 is 2.24 bits per heavy atom. The largest absolute Gasteiger partial charge is 0.436 e. The van der Waals surface area contributed by atoms with Gasteiger partial charge in [-0.2, -0.15) is 0 Å². The summed E-state index contributed by atoms with van der Waals surface area (Å²) in [5, 5.41) is 2.40. The molecule has 0 atom stereocenters. The molecular formula is C11H8ClNO4. The standard InChI is InChI=1S/C11H8ClNO4/c1-2-6-16-11(15)13-8-4-3-5-9(7-8)17-10(12)14/h1,3-5,7H,6H2,(H,13,15). The first-order chi connectivity index (χ1) is 8.11. The molecule has 0 aliphatic heterocycles. The quantitative estimate of drug-likeness (QED) is 0.664. The zero-order valence-electron chi connectivity index (χ0n) is 8.60. The minimum absolute atomic E-state index is 0.123. The fourth-order valence-electron chi connectivity index (χ4n) is 0.991. The van der Waals surface area contributed by atoms with E-state index in [1.54, 1.807) is 12.1 Å². The van der Waals surface area contributed by atoms with E-state index in [2.05, 4.69) is 20.7 Å². The third-order valence-corrected chi connectivity index (χ3v) is 1.64. The lowest BCUT2D eigenvalue weighted by Crippen LogP contribution is -2.13. The predicted molar refractivity (Wildman–Crippen MR) is 62.1 cm³/mol. The van der Waals surface area contributed by atoms with Crippen LogP contribution < -0.4 is 10.1 Å². The van der Waals surface area contributed by atoms with Gasteiger partial charge in [0.15, 0.2) is 6.61 Å². The van der Waals surface area contributed by atoms with Crippen LogP contribution in [0.5, 0.6) is 5.75 Å². The maximum absolute atomic E-state index is 11.1. The van der Waals surface area contributed by atoms with Crippen LogP contribution in [0.2, 0.25) is 0 Å². The smallest absolute Gasteiger partial charge is 0.412 e. The third-order valence-electron chi connectivity index (χ3n) is 1.57. The number of anilines is 1. The molecule has 17 heavy (non-hydrogen) atoms. The van der Waals surface area contributed by atoms with Gasteiger partial charge >= 0.3 is 11.5 Å². The molecule has 1 aromatic rings. The van der Waals surface area contributed by atoms with Crippen LogP contribution in [-0.4, -0.2) is 18.1 Å². The minimum atomic E-state index is -0.961. The second-order valence-corrected chi connectivity index (χ2v) is 3.08. The molecule has 0 aliphatic carbocycles. The minimum Gasteiger partial charge on any atom is -0.436 e. The number of hydrogen-bond acceptors (Lipinski definition) is 4. The Morgan fingerprint density at radius 1 is 1.47 bits per heavy atom. The number of rotatable bonds is 3. The van der Waals surface area contributed by atoms with E-state index in [-0.39, 0.29) is 12.4 Å². The lowest BCUT2D eigenvalue weighted by Gasteiger charge is -2.06. The van der Waals surface area contributed by atoms with Crippen LogP contribution in [0.4, 0.5) is 15.3 Å². The zero-order valence-corrected chi connectivity index (χ0v) is 9.36. The van der Waals surface area contributed by atoms with Crippen molar-refractivity contribution in [2.24, 2.45) is 0 Å². The van der Waals surface area contributed by atoms with Crippen LogP contribution in [0, 0.1) is 12.3 Å². The molecule has 1 amide bonds. The Bertz CT molecular complexity index is 467. The molecule has 0 unspecified atom stereocenters. The van der Waals surface area contributed by atoms with Crippen molar-refractivity contribution in [3.8, 4) is 18.1 Å². The molecule has 88 valence electrons. The van der Waals surface area contributed by atoms with E-state index < -0.39 is 11.5 Å².